The van der Waals surface area contributed by atoms with E-state index in [9.17, 15) is 4.79 Å². The SMILES string of the molecule is CCSC(C(=O)N1CCC(NCC2CC2)CC1)C(C)C.Cl. The second-order valence-electron chi connectivity index (χ2n) is 6.57. The van der Waals surface area contributed by atoms with Crippen molar-refractivity contribution in [2.75, 3.05) is 25.4 Å². The summed E-state index contributed by atoms with van der Waals surface area (Å²) in [5.74, 6) is 2.76. The van der Waals surface area contributed by atoms with Crippen molar-refractivity contribution in [1.29, 1.82) is 0 Å². The van der Waals surface area contributed by atoms with Crippen molar-refractivity contribution in [3.05, 3.63) is 0 Å². The van der Waals surface area contributed by atoms with Crippen molar-refractivity contribution in [2.24, 2.45) is 11.8 Å². The molecule has 2 rings (SSSR count). The maximum atomic E-state index is 12.6. The van der Waals surface area contributed by atoms with E-state index in [0.29, 0.717) is 17.9 Å². The molecule has 0 aromatic heterocycles. The molecule has 1 atom stereocenters. The molecule has 21 heavy (non-hydrogen) atoms. The van der Waals surface area contributed by atoms with E-state index < -0.39 is 0 Å². The Hall–Kier alpha value is 0.0700. The molecule has 0 bridgehead atoms. The predicted molar refractivity (Wildman–Crippen MR) is 94.3 cm³/mol. The van der Waals surface area contributed by atoms with Gasteiger partial charge in [0.05, 0.1) is 5.25 Å². The van der Waals surface area contributed by atoms with Crippen LogP contribution in [0.4, 0.5) is 0 Å². The van der Waals surface area contributed by atoms with E-state index in [0.717, 1.165) is 37.6 Å². The molecule has 124 valence electrons. The Morgan fingerprint density at radius 2 is 1.86 bits per heavy atom. The Morgan fingerprint density at radius 1 is 1.24 bits per heavy atom. The lowest BCUT2D eigenvalue weighted by Crippen LogP contribution is -2.48. The normalized spacial score (nSPS) is 21.2. The number of likely N-dealkylation sites (tertiary alicyclic amines) is 1. The number of nitrogens with zero attached hydrogens (tertiary/aromatic N) is 1. The summed E-state index contributed by atoms with van der Waals surface area (Å²) in [6.07, 6.45) is 5.07. The molecule has 1 saturated heterocycles. The summed E-state index contributed by atoms with van der Waals surface area (Å²) in [6.45, 7) is 9.54. The fourth-order valence-electron chi connectivity index (χ4n) is 2.87. The molecular formula is C16H31ClN2OS. The maximum Gasteiger partial charge on any atom is 0.235 e. The molecule has 3 nitrogen and oxygen atoms in total. The number of halogens is 1. The van der Waals surface area contributed by atoms with Gasteiger partial charge in [-0.05, 0) is 49.8 Å². The number of hydrogen-bond donors (Lipinski definition) is 1. The average Bonchev–Trinajstić information content (AvgIpc) is 3.26. The van der Waals surface area contributed by atoms with Crippen molar-refractivity contribution in [3.63, 3.8) is 0 Å². The largest absolute Gasteiger partial charge is 0.342 e. The van der Waals surface area contributed by atoms with E-state index in [1.807, 2.05) is 0 Å². The second-order valence-corrected chi connectivity index (χ2v) is 7.99. The van der Waals surface area contributed by atoms with Crippen LogP contribution in [0.3, 0.4) is 0 Å². The molecule has 1 aliphatic heterocycles. The third-order valence-electron chi connectivity index (χ3n) is 4.39. The maximum absolute atomic E-state index is 12.6. The number of hydrogen-bond acceptors (Lipinski definition) is 3. The molecule has 0 aromatic carbocycles. The van der Waals surface area contributed by atoms with Crippen molar-refractivity contribution >= 4 is 30.1 Å². The van der Waals surface area contributed by atoms with E-state index in [4.69, 9.17) is 0 Å². The second kappa shape index (κ2) is 9.26. The smallest absolute Gasteiger partial charge is 0.235 e. The van der Waals surface area contributed by atoms with E-state index in [2.05, 4.69) is 31.0 Å². The van der Waals surface area contributed by atoms with Gasteiger partial charge in [-0.2, -0.15) is 0 Å². The Balaban J connectivity index is 0.00000220. The number of thioether (sulfide) groups is 1. The summed E-state index contributed by atoms with van der Waals surface area (Å²) in [6, 6.07) is 0.635. The molecule has 2 fully saturated rings. The lowest BCUT2D eigenvalue weighted by molar-refractivity contribution is -0.132. The number of carbonyl (C=O) groups is 1. The molecule has 2 aliphatic rings. The molecule has 1 unspecified atom stereocenters. The molecule has 0 spiro atoms. The van der Waals surface area contributed by atoms with Crippen LogP contribution in [0.1, 0.15) is 46.5 Å². The lowest BCUT2D eigenvalue weighted by Gasteiger charge is -2.35. The zero-order valence-corrected chi connectivity index (χ0v) is 15.3. The molecule has 5 heteroatoms. The first-order chi connectivity index (χ1) is 9.61. The van der Waals surface area contributed by atoms with Gasteiger partial charge in [-0.3, -0.25) is 4.79 Å². The first-order valence-corrected chi connectivity index (χ1v) is 9.30. The van der Waals surface area contributed by atoms with E-state index in [1.54, 1.807) is 11.8 Å². The summed E-state index contributed by atoms with van der Waals surface area (Å²) < 4.78 is 0. The molecule has 0 aromatic rings. The third kappa shape index (κ3) is 5.99. The molecule has 1 heterocycles. The van der Waals surface area contributed by atoms with Gasteiger partial charge < -0.3 is 10.2 Å². The number of carbonyl (C=O) groups excluding carboxylic acids is 1. The highest BCUT2D eigenvalue weighted by Crippen LogP contribution is 2.28. The van der Waals surface area contributed by atoms with Crippen LogP contribution in [-0.2, 0) is 4.79 Å². The number of nitrogens with one attached hydrogen (secondary N) is 1. The van der Waals surface area contributed by atoms with Gasteiger partial charge in [-0.25, -0.2) is 0 Å². The van der Waals surface area contributed by atoms with E-state index in [-0.39, 0.29) is 17.7 Å². The fraction of sp³-hybridized carbons (Fsp3) is 0.938. The average molecular weight is 335 g/mol. The van der Waals surface area contributed by atoms with Crippen LogP contribution in [0.5, 0.6) is 0 Å². The van der Waals surface area contributed by atoms with E-state index in [1.165, 1.54) is 19.4 Å². The monoisotopic (exact) mass is 334 g/mol. The first-order valence-electron chi connectivity index (χ1n) is 8.25. The Morgan fingerprint density at radius 3 is 2.33 bits per heavy atom. The van der Waals surface area contributed by atoms with Gasteiger partial charge in [0.15, 0.2) is 0 Å². The van der Waals surface area contributed by atoms with Crippen molar-refractivity contribution in [2.45, 2.75) is 57.7 Å². The van der Waals surface area contributed by atoms with Crippen molar-refractivity contribution < 1.29 is 4.79 Å². The zero-order chi connectivity index (χ0) is 14.5. The number of rotatable bonds is 7. The number of piperidine rings is 1. The summed E-state index contributed by atoms with van der Waals surface area (Å²) in [5.41, 5.74) is 0. The minimum atomic E-state index is 0. The molecule has 1 amide bonds. The Kier molecular flexibility index (Phi) is 8.43. The van der Waals surface area contributed by atoms with Gasteiger partial charge in [0.1, 0.15) is 0 Å². The molecule has 0 radical (unpaired) electrons. The highest BCUT2D eigenvalue weighted by Gasteiger charge is 2.30. The van der Waals surface area contributed by atoms with Gasteiger partial charge in [0.25, 0.3) is 0 Å². The molecule has 1 saturated carbocycles. The third-order valence-corrected chi connectivity index (χ3v) is 5.83. The minimum absolute atomic E-state index is 0. The van der Waals surface area contributed by atoms with Crippen LogP contribution in [-0.4, -0.2) is 47.5 Å². The molecule has 1 aliphatic carbocycles. The quantitative estimate of drug-likeness (QED) is 0.776. The van der Waals surface area contributed by atoms with Gasteiger partial charge >= 0.3 is 0 Å². The fourth-order valence-corrected chi connectivity index (χ4v) is 3.90. The Labute approximate surface area is 140 Å². The topological polar surface area (TPSA) is 32.3 Å². The van der Waals surface area contributed by atoms with Crippen LogP contribution in [0, 0.1) is 11.8 Å². The highest BCUT2D eigenvalue weighted by molar-refractivity contribution is 8.00. The van der Waals surface area contributed by atoms with Gasteiger partial charge in [0.2, 0.25) is 5.91 Å². The zero-order valence-electron chi connectivity index (χ0n) is 13.6. The predicted octanol–water partition coefficient (Wildman–Crippen LogP) is 3.18. The molecular weight excluding hydrogens is 304 g/mol. The van der Waals surface area contributed by atoms with E-state index >= 15 is 0 Å². The van der Waals surface area contributed by atoms with Crippen LogP contribution < -0.4 is 5.32 Å². The van der Waals surface area contributed by atoms with Gasteiger partial charge in [-0.1, -0.05) is 20.8 Å². The summed E-state index contributed by atoms with van der Waals surface area (Å²) in [7, 11) is 0. The summed E-state index contributed by atoms with van der Waals surface area (Å²) >= 11 is 1.80. The summed E-state index contributed by atoms with van der Waals surface area (Å²) in [5, 5.41) is 3.83. The van der Waals surface area contributed by atoms with Crippen molar-refractivity contribution in [1.82, 2.24) is 10.2 Å². The van der Waals surface area contributed by atoms with Crippen LogP contribution >= 0.6 is 24.2 Å². The number of amides is 1. The van der Waals surface area contributed by atoms with Crippen LogP contribution in [0.25, 0.3) is 0 Å². The minimum Gasteiger partial charge on any atom is -0.342 e. The summed E-state index contributed by atoms with van der Waals surface area (Å²) in [4.78, 5) is 14.7. The standard InChI is InChI=1S/C16H30N2OS.ClH/c1-4-20-15(12(2)3)16(19)18-9-7-14(8-10-18)17-11-13-5-6-13;/h12-15,17H,4-11H2,1-3H3;1H. The molecule has 1 N–H and O–H groups in total. The lowest BCUT2D eigenvalue weighted by atomic mass is 10.0. The van der Waals surface area contributed by atoms with Gasteiger partial charge in [0, 0.05) is 19.1 Å². The first kappa shape index (κ1) is 19.1. The van der Waals surface area contributed by atoms with Gasteiger partial charge in [-0.15, -0.1) is 24.2 Å². The van der Waals surface area contributed by atoms with Crippen molar-refractivity contribution in [3.8, 4) is 0 Å². The Bertz CT molecular complexity index is 315. The van der Waals surface area contributed by atoms with Crippen LogP contribution in [0.15, 0.2) is 0 Å². The highest BCUT2D eigenvalue weighted by atomic mass is 35.5. The van der Waals surface area contributed by atoms with Crippen LogP contribution in [0.2, 0.25) is 0 Å².